The molecule has 0 aliphatic carbocycles. The van der Waals surface area contributed by atoms with Gasteiger partial charge in [-0.3, -0.25) is 0 Å². The number of aryl methyl sites for hydroxylation is 1. The molecular formula is C9H15Cl2N3. The van der Waals surface area contributed by atoms with Crippen molar-refractivity contribution in [2.24, 2.45) is 0 Å². The van der Waals surface area contributed by atoms with E-state index in [1.807, 2.05) is 6.92 Å². The van der Waals surface area contributed by atoms with Crippen molar-refractivity contribution in [1.82, 2.24) is 10.3 Å². The summed E-state index contributed by atoms with van der Waals surface area (Å²) in [7, 11) is 0. The number of hydrogen-bond acceptors (Lipinski definition) is 3. The van der Waals surface area contributed by atoms with E-state index in [0.717, 1.165) is 18.8 Å². The molecule has 80 valence electrons. The second-order valence-electron chi connectivity index (χ2n) is 3.27. The van der Waals surface area contributed by atoms with Crippen molar-refractivity contribution >= 4 is 30.6 Å². The Bertz CT molecular complexity index is 339. The standard InChI is InChI=1S/C9H13N3.2ClH/c1-5-6(2)12-9(10)8-4-11-3-7(5)8;;/h11H,3-4H2,1-2H3,(H2,10,12);2*1H. The average Bonchev–Trinajstić information content (AvgIpc) is 2.48. The number of halogens is 2. The molecule has 2 rings (SSSR count). The molecule has 1 aromatic rings. The van der Waals surface area contributed by atoms with Gasteiger partial charge in [-0.2, -0.15) is 0 Å². The molecule has 1 aromatic heterocycles. The van der Waals surface area contributed by atoms with Crippen LogP contribution in [0.4, 0.5) is 5.82 Å². The molecule has 0 fully saturated rings. The Balaban J connectivity index is 0.000000845. The molecule has 0 saturated heterocycles. The molecule has 1 aliphatic heterocycles. The van der Waals surface area contributed by atoms with Crippen LogP contribution in [0.5, 0.6) is 0 Å². The smallest absolute Gasteiger partial charge is 0.128 e. The molecular weight excluding hydrogens is 221 g/mol. The van der Waals surface area contributed by atoms with E-state index in [2.05, 4.69) is 17.2 Å². The average molecular weight is 236 g/mol. The van der Waals surface area contributed by atoms with Crippen LogP contribution in [0.15, 0.2) is 0 Å². The molecule has 0 atom stereocenters. The number of nitrogen functional groups attached to an aromatic ring is 1. The highest BCUT2D eigenvalue weighted by atomic mass is 35.5. The second kappa shape index (κ2) is 4.82. The maximum absolute atomic E-state index is 5.79. The first-order valence-corrected chi connectivity index (χ1v) is 4.15. The van der Waals surface area contributed by atoms with Crippen molar-refractivity contribution in [2.75, 3.05) is 5.73 Å². The summed E-state index contributed by atoms with van der Waals surface area (Å²) in [6.07, 6.45) is 0. The zero-order valence-corrected chi connectivity index (χ0v) is 9.89. The van der Waals surface area contributed by atoms with Gasteiger partial charge in [-0.05, 0) is 25.0 Å². The van der Waals surface area contributed by atoms with Crippen LogP contribution in [0.3, 0.4) is 0 Å². The molecule has 0 unspecified atom stereocenters. The van der Waals surface area contributed by atoms with Crippen molar-refractivity contribution in [3.8, 4) is 0 Å². The van der Waals surface area contributed by atoms with Gasteiger partial charge in [0.25, 0.3) is 0 Å². The van der Waals surface area contributed by atoms with E-state index in [-0.39, 0.29) is 24.8 Å². The third kappa shape index (κ3) is 1.95. The normalized spacial score (nSPS) is 12.7. The van der Waals surface area contributed by atoms with Gasteiger partial charge in [-0.1, -0.05) is 0 Å². The van der Waals surface area contributed by atoms with Crippen LogP contribution < -0.4 is 11.1 Å². The minimum Gasteiger partial charge on any atom is -0.383 e. The highest BCUT2D eigenvalue weighted by Gasteiger charge is 2.17. The number of nitrogens with two attached hydrogens (primary N) is 1. The highest BCUT2D eigenvalue weighted by Crippen LogP contribution is 2.24. The topological polar surface area (TPSA) is 50.9 Å². The van der Waals surface area contributed by atoms with Crippen molar-refractivity contribution in [1.29, 1.82) is 0 Å². The summed E-state index contributed by atoms with van der Waals surface area (Å²) < 4.78 is 0. The minimum atomic E-state index is 0. The molecule has 1 aliphatic rings. The molecule has 3 N–H and O–H groups in total. The molecule has 0 saturated carbocycles. The van der Waals surface area contributed by atoms with Crippen LogP contribution in [0.2, 0.25) is 0 Å². The van der Waals surface area contributed by atoms with Gasteiger partial charge in [0.1, 0.15) is 5.82 Å². The lowest BCUT2D eigenvalue weighted by Gasteiger charge is -2.08. The highest BCUT2D eigenvalue weighted by molar-refractivity contribution is 5.85. The Morgan fingerprint density at radius 3 is 2.36 bits per heavy atom. The molecule has 0 bridgehead atoms. The summed E-state index contributed by atoms with van der Waals surface area (Å²) in [5.74, 6) is 0.693. The largest absolute Gasteiger partial charge is 0.383 e. The first-order chi connectivity index (χ1) is 5.70. The Morgan fingerprint density at radius 1 is 1.14 bits per heavy atom. The number of rotatable bonds is 0. The molecule has 0 aromatic carbocycles. The van der Waals surface area contributed by atoms with E-state index in [1.165, 1.54) is 16.7 Å². The van der Waals surface area contributed by atoms with Gasteiger partial charge in [0.2, 0.25) is 0 Å². The summed E-state index contributed by atoms with van der Waals surface area (Å²) in [4.78, 5) is 4.28. The van der Waals surface area contributed by atoms with E-state index in [9.17, 15) is 0 Å². The Kier molecular flexibility index (Phi) is 4.65. The van der Waals surface area contributed by atoms with E-state index in [0.29, 0.717) is 5.82 Å². The molecule has 0 spiro atoms. The van der Waals surface area contributed by atoms with E-state index >= 15 is 0 Å². The molecule has 2 heterocycles. The van der Waals surface area contributed by atoms with Gasteiger partial charge < -0.3 is 11.1 Å². The molecule has 14 heavy (non-hydrogen) atoms. The monoisotopic (exact) mass is 235 g/mol. The quantitative estimate of drug-likeness (QED) is 0.721. The van der Waals surface area contributed by atoms with Crippen LogP contribution in [0.25, 0.3) is 0 Å². The molecule has 5 heteroatoms. The third-order valence-electron chi connectivity index (χ3n) is 2.56. The Hall–Kier alpha value is -0.510. The van der Waals surface area contributed by atoms with Crippen LogP contribution in [-0.4, -0.2) is 4.98 Å². The number of nitrogens with one attached hydrogen (secondary N) is 1. The zero-order chi connectivity index (χ0) is 8.72. The van der Waals surface area contributed by atoms with Crippen LogP contribution >= 0.6 is 24.8 Å². The number of aromatic nitrogens is 1. The van der Waals surface area contributed by atoms with Crippen molar-refractivity contribution < 1.29 is 0 Å². The summed E-state index contributed by atoms with van der Waals surface area (Å²) in [5.41, 5.74) is 10.7. The maximum Gasteiger partial charge on any atom is 0.128 e. The van der Waals surface area contributed by atoms with Gasteiger partial charge in [0.05, 0.1) is 0 Å². The number of nitrogens with zero attached hydrogens (tertiary/aromatic N) is 1. The lowest BCUT2D eigenvalue weighted by atomic mass is 10.0. The van der Waals surface area contributed by atoms with Crippen LogP contribution in [0.1, 0.15) is 22.4 Å². The lowest BCUT2D eigenvalue weighted by Crippen LogP contribution is -2.02. The zero-order valence-electron chi connectivity index (χ0n) is 8.26. The summed E-state index contributed by atoms with van der Waals surface area (Å²) >= 11 is 0. The number of fused-ring (bicyclic) bond motifs is 1. The van der Waals surface area contributed by atoms with E-state index in [4.69, 9.17) is 5.73 Å². The van der Waals surface area contributed by atoms with Gasteiger partial charge >= 0.3 is 0 Å². The number of hydrogen-bond donors (Lipinski definition) is 2. The van der Waals surface area contributed by atoms with Crippen LogP contribution in [-0.2, 0) is 13.1 Å². The summed E-state index contributed by atoms with van der Waals surface area (Å²) in [6, 6.07) is 0. The third-order valence-corrected chi connectivity index (χ3v) is 2.56. The minimum absolute atomic E-state index is 0. The van der Waals surface area contributed by atoms with Crippen molar-refractivity contribution in [3.63, 3.8) is 0 Å². The first kappa shape index (κ1) is 13.5. The SMILES string of the molecule is Cc1nc(N)c2c(c1C)CNC2.Cl.Cl. The van der Waals surface area contributed by atoms with Crippen molar-refractivity contribution in [3.05, 3.63) is 22.4 Å². The summed E-state index contributed by atoms with van der Waals surface area (Å²) in [6.45, 7) is 5.92. The molecule has 0 amide bonds. The van der Waals surface area contributed by atoms with Gasteiger partial charge in [-0.15, -0.1) is 24.8 Å². The predicted octanol–water partition coefficient (Wildman–Crippen LogP) is 1.73. The predicted molar refractivity (Wildman–Crippen MR) is 63.2 cm³/mol. The fourth-order valence-corrected chi connectivity index (χ4v) is 1.68. The molecule has 3 nitrogen and oxygen atoms in total. The van der Waals surface area contributed by atoms with Gasteiger partial charge in [0, 0.05) is 24.3 Å². The van der Waals surface area contributed by atoms with Crippen molar-refractivity contribution in [2.45, 2.75) is 26.9 Å². The van der Waals surface area contributed by atoms with Crippen LogP contribution in [0, 0.1) is 13.8 Å². The van der Waals surface area contributed by atoms with Gasteiger partial charge in [0.15, 0.2) is 0 Å². The molecule has 0 radical (unpaired) electrons. The lowest BCUT2D eigenvalue weighted by molar-refractivity contribution is 0.763. The fraction of sp³-hybridized carbons (Fsp3) is 0.444. The summed E-state index contributed by atoms with van der Waals surface area (Å²) in [5, 5.41) is 3.28. The maximum atomic E-state index is 5.79. The Labute approximate surface area is 96.3 Å². The second-order valence-corrected chi connectivity index (χ2v) is 3.27. The number of anilines is 1. The Morgan fingerprint density at radius 2 is 1.71 bits per heavy atom. The number of pyridine rings is 1. The fourth-order valence-electron chi connectivity index (χ4n) is 1.68. The first-order valence-electron chi connectivity index (χ1n) is 4.15. The van der Waals surface area contributed by atoms with E-state index in [1.54, 1.807) is 0 Å². The van der Waals surface area contributed by atoms with E-state index < -0.39 is 0 Å². The van der Waals surface area contributed by atoms with Gasteiger partial charge in [-0.25, -0.2) is 4.98 Å².